The van der Waals surface area contributed by atoms with Gasteiger partial charge in [0.2, 0.25) is 0 Å². The van der Waals surface area contributed by atoms with Crippen LogP contribution in [-0.2, 0) is 13.6 Å². The maximum Gasteiger partial charge on any atom is 0.530 e. The van der Waals surface area contributed by atoms with Gasteiger partial charge in [0.25, 0.3) is 0 Å². The molecule has 7 heteroatoms. The zero-order chi connectivity index (χ0) is 16.2. The van der Waals surface area contributed by atoms with Gasteiger partial charge in [-0.25, -0.2) is 4.57 Å². The first kappa shape index (κ1) is 17.4. The minimum atomic E-state index is -3.58. The smallest absolute Gasteiger partial charge is 0.404 e. The van der Waals surface area contributed by atoms with Crippen molar-refractivity contribution in [3.63, 3.8) is 0 Å². The average molecular weight is 328 g/mol. The van der Waals surface area contributed by atoms with Crippen molar-refractivity contribution in [2.24, 2.45) is 0 Å². The van der Waals surface area contributed by atoms with E-state index < -0.39 is 7.82 Å². The van der Waals surface area contributed by atoms with Crippen LogP contribution >= 0.6 is 7.82 Å². The number of phosphoric acid groups is 1. The van der Waals surface area contributed by atoms with E-state index in [2.05, 4.69) is 23.9 Å². The Morgan fingerprint density at radius 2 is 1.64 bits per heavy atom. The van der Waals surface area contributed by atoms with Crippen LogP contribution in [0.1, 0.15) is 25.6 Å². The molecule has 1 aromatic carbocycles. The molecule has 0 bridgehead atoms. The van der Waals surface area contributed by atoms with Crippen LogP contribution in [0.25, 0.3) is 0 Å². The highest BCUT2D eigenvalue weighted by atomic mass is 31.2. The van der Waals surface area contributed by atoms with E-state index in [1.54, 1.807) is 19.9 Å². The summed E-state index contributed by atoms with van der Waals surface area (Å²) in [5, 5.41) is 0. The van der Waals surface area contributed by atoms with Gasteiger partial charge in [0, 0.05) is 18.7 Å². The van der Waals surface area contributed by atoms with Crippen molar-refractivity contribution in [3.05, 3.63) is 29.8 Å². The van der Waals surface area contributed by atoms with E-state index in [4.69, 9.17) is 13.6 Å². The Morgan fingerprint density at radius 3 is 2.18 bits per heavy atom. The molecule has 0 amide bonds. The first-order chi connectivity index (χ1) is 10.5. The lowest BCUT2D eigenvalue weighted by Crippen LogP contribution is -2.26. The van der Waals surface area contributed by atoms with Crippen LogP contribution in [0, 0.1) is 0 Å². The molecule has 1 saturated heterocycles. The summed E-state index contributed by atoms with van der Waals surface area (Å²) in [6, 6.07) is 7.60. The van der Waals surface area contributed by atoms with Gasteiger partial charge >= 0.3 is 7.82 Å². The molecule has 0 unspecified atom stereocenters. The number of phosphoric ester groups is 1. The van der Waals surface area contributed by atoms with Crippen molar-refractivity contribution >= 4 is 7.82 Å². The Labute approximate surface area is 132 Å². The van der Waals surface area contributed by atoms with Crippen molar-refractivity contribution in [1.82, 2.24) is 9.80 Å². The number of rotatable bonds is 7. The minimum absolute atomic E-state index is 0.0907. The number of nitrogens with zero attached hydrogens (tertiary/aromatic N) is 2. The minimum Gasteiger partial charge on any atom is -0.404 e. The number of hydrogen-bond acceptors (Lipinski definition) is 6. The highest BCUT2D eigenvalue weighted by Gasteiger charge is 2.33. The first-order valence-corrected chi connectivity index (χ1v) is 9.05. The van der Waals surface area contributed by atoms with Crippen LogP contribution in [-0.4, -0.2) is 50.2 Å². The zero-order valence-electron chi connectivity index (χ0n) is 13.7. The summed E-state index contributed by atoms with van der Waals surface area (Å²) in [7, 11) is 0.545. The molecule has 1 aromatic rings. The lowest BCUT2D eigenvalue weighted by molar-refractivity contribution is 0.160. The van der Waals surface area contributed by atoms with E-state index in [-0.39, 0.29) is 19.4 Å². The predicted molar refractivity (Wildman–Crippen MR) is 85.9 cm³/mol. The second-order valence-electron chi connectivity index (χ2n) is 5.25. The van der Waals surface area contributed by atoms with Crippen LogP contribution in [0.5, 0.6) is 5.75 Å². The molecule has 2 rings (SSSR count). The molecule has 0 saturated carbocycles. The number of likely N-dealkylation sites (N-methyl/N-ethyl adjacent to an activating group) is 2. The summed E-state index contributed by atoms with van der Waals surface area (Å²) >= 11 is 0. The Bertz CT molecular complexity index is 520. The molecule has 1 fully saturated rings. The third-order valence-corrected chi connectivity index (χ3v) is 5.19. The number of hydrogen-bond donors (Lipinski definition) is 0. The fourth-order valence-corrected chi connectivity index (χ4v) is 3.89. The van der Waals surface area contributed by atoms with Gasteiger partial charge in [0.1, 0.15) is 5.75 Å². The molecule has 0 atom stereocenters. The van der Waals surface area contributed by atoms with Crippen LogP contribution in [0.4, 0.5) is 0 Å². The highest BCUT2D eigenvalue weighted by Crippen LogP contribution is 2.51. The van der Waals surface area contributed by atoms with Crippen molar-refractivity contribution in [2.75, 3.05) is 40.4 Å². The SMILES string of the molecule is CCOP(=O)(OCC)Oc1ccccc1C1N(C)CCN1C. The Morgan fingerprint density at radius 1 is 1.09 bits per heavy atom. The largest absolute Gasteiger partial charge is 0.530 e. The van der Waals surface area contributed by atoms with Gasteiger partial charge in [-0.05, 0) is 34.0 Å². The Kier molecular flexibility index (Phi) is 6.01. The van der Waals surface area contributed by atoms with Crippen LogP contribution in [0.3, 0.4) is 0 Å². The molecule has 0 N–H and O–H groups in total. The van der Waals surface area contributed by atoms with Gasteiger partial charge in [-0.2, -0.15) is 0 Å². The fourth-order valence-electron chi connectivity index (χ4n) is 2.68. The van der Waals surface area contributed by atoms with Crippen molar-refractivity contribution in [1.29, 1.82) is 0 Å². The summed E-state index contributed by atoms with van der Waals surface area (Å²) in [6.07, 6.45) is 0.0907. The second kappa shape index (κ2) is 7.57. The Hall–Kier alpha value is -0.910. The molecule has 22 heavy (non-hydrogen) atoms. The summed E-state index contributed by atoms with van der Waals surface area (Å²) in [5.41, 5.74) is 0.963. The fraction of sp³-hybridized carbons (Fsp3) is 0.600. The summed E-state index contributed by atoms with van der Waals surface area (Å²) in [4.78, 5) is 4.46. The molecule has 124 valence electrons. The molecule has 1 aliphatic heterocycles. The lowest BCUT2D eigenvalue weighted by Gasteiger charge is -2.28. The van der Waals surface area contributed by atoms with E-state index in [0.29, 0.717) is 5.75 Å². The monoisotopic (exact) mass is 328 g/mol. The standard InChI is InChI=1S/C15H25N2O4P/c1-5-19-22(18,20-6-2)21-14-10-8-7-9-13(14)15-16(3)11-12-17(15)4/h7-10,15H,5-6,11-12H2,1-4H3. The zero-order valence-corrected chi connectivity index (χ0v) is 14.6. The van der Waals surface area contributed by atoms with Gasteiger partial charge in [-0.1, -0.05) is 18.2 Å². The topological polar surface area (TPSA) is 51.2 Å². The van der Waals surface area contributed by atoms with Gasteiger partial charge in [0.05, 0.1) is 19.4 Å². The van der Waals surface area contributed by atoms with Gasteiger partial charge < -0.3 is 4.52 Å². The van der Waals surface area contributed by atoms with Crippen LogP contribution in [0.15, 0.2) is 24.3 Å². The predicted octanol–water partition coefficient (Wildman–Crippen LogP) is 3.12. The molecule has 1 aliphatic rings. The highest BCUT2D eigenvalue weighted by molar-refractivity contribution is 7.48. The van der Waals surface area contributed by atoms with Crippen LogP contribution < -0.4 is 4.52 Å². The number of benzene rings is 1. The van der Waals surface area contributed by atoms with E-state index >= 15 is 0 Å². The second-order valence-corrected chi connectivity index (χ2v) is 6.84. The third-order valence-electron chi connectivity index (χ3n) is 3.62. The Balaban J connectivity index is 2.30. The first-order valence-electron chi connectivity index (χ1n) is 7.59. The molecule has 0 aromatic heterocycles. The van der Waals surface area contributed by atoms with Crippen molar-refractivity contribution in [3.8, 4) is 5.75 Å². The molecule has 0 aliphatic carbocycles. The summed E-state index contributed by atoms with van der Waals surface area (Å²) in [5.74, 6) is 0.540. The molecule has 0 spiro atoms. The summed E-state index contributed by atoms with van der Waals surface area (Å²) < 4.78 is 28.8. The molecular weight excluding hydrogens is 303 g/mol. The van der Waals surface area contributed by atoms with E-state index in [1.807, 2.05) is 18.2 Å². The molecule has 6 nitrogen and oxygen atoms in total. The van der Waals surface area contributed by atoms with Crippen molar-refractivity contribution in [2.45, 2.75) is 20.0 Å². The number of para-hydroxylation sites is 1. The van der Waals surface area contributed by atoms with E-state index in [9.17, 15) is 4.57 Å². The molecule has 0 radical (unpaired) electrons. The normalized spacial score (nSPS) is 18.0. The molecular formula is C15H25N2O4P. The summed E-state index contributed by atoms with van der Waals surface area (Å²) in [6.45, 7) is 6.01. The van der Waals surface area contributed by atoms with Crippen molar-refractivity contribution < 1.29 is 18.1 Å². The van der Waals surface area contributed by atoms with Gasteiger partial charge in [-0.15, -0.1) is 0 Å². The van der Waals surface area contributed by atoms with Crippen LogP contribution in [0.2, 0.25) is 0 Å². The van der Waals surface area contributed by atoms with E-state index in [1.165, 1.54) is 0 Å². The van der Waals surface area contributed by atoms with Gasteiger partial charge in [0.15, 0.2) is 0 Å². The maximum atomic E-state index is 12.6. The quantitative estimate of drug-likeness (QED) is 0.717. The van der Waals surface area contributed by atoms with Gasteiger partial charge in [-0.3, -0.25) is 18.8 Å². The van der Waals surface area contributed by atoms with E-state index in [0.717, 1.165) is 18.7 Å². The average Bonchev–Trinajstić information content (AvgIpc) is 2.79. The maximum absolute atomic E-state index is 12.6. The lowest BCUT2D eigenvalue weighted by atomic mass is 10.1. The third kappa shape index (κ3) is 3.89. The molecule has 1 heterocycles.